The number of hydrogen-bond acceptors (Lipinski definition) is 4. The summed E-state index contributed by atoms with van der Waals surface area (Å²) in [6, 6.07) is 6.37. The Morgan fingerprint density at radius 2 is 1.14 bits per heavy atom. The molecule has 1 rings (SSSR count). The molecule has 2 N–H and O–H groups in total. The Balaban J connectivity index is 0.000000528. The van der Waals surface area contributed by atoms with E-state index < -0.39 is 6.10 Å². The Kier molecular flexibility index (Phi) is 12.6. The van der Waals surface area contributed by atoms with E-state index in [2.05, 4.69) is 37.9 Å². The van der Waals surface area contributed by atoms with Gasteiger partial charge in [0.1, 0.15) is 0 Å². The molecule has 0 fully saturated rings. The molecule has 0 aliphatic heterocycles. The minimum atomic E-state index is -0.447. The summed E-state index contributed by atoms with van der Waals surface area (Å²) in [4.78, 5) is 0. The van der Waals surface area contributed by atoms with Crippen molar-refractivity contribution in [3.63, 3.8) is 0 Å². The van der Waals surface area contributed by atoms with Gasteiger partial charge in [0.15, 0.2) is 0 Å². The van der Waals surface area contributed by atoms with Crippen molar-refractivity contribution in [3.05, 3.63) is 54.6 Å². The highest BCUT2D eigenvalue weighted by Crippen LogP contribution is 2.24. The Morgan fingerprint density at radius 1 is 0.786 bits per heavy atom. The molecule has 0 heterocycles. The number of hydrogen-bond donors (Lipinski definition) is 2. The highest BCUT2D eigenvalue weighted by atomic mass is 16.5. The first kappa shape index (κ1) is 26.3. The van der Waals surface area contributed by atoms with Crippen LogP contribution in [-0.4, -0.2) is 48.3 Å². The van der Waals surface area contributed by atoms with Crippen molar-refractivity contribution in [2.45, 2.75) is 59.9 Å². The van der Waals surface area contributed by atoms with E-state index >= 15 is 0 Å². The van der Waals surface area contributed by atoms with Crippen LogP contribution in [0.3, 0.4) is 0 Å². The lowest BCUT2D eigenvalue weighted by molar-refractivity contribution is -0.0620. The third kappa shape index (κ3) is 11.2. The lowest BCUT2D eigenvalue weighted by Crippen LogP contribution is -2.24. The van der Waals surface area contributed by atoms with E-state index in [4.69, 9.17) is 19.7 Å². The fraction of sp³-hybridized carbons (Fsp3) is 0.500. The zero-order chi connectivity index (χ0) is 21.9. The van der Waals surface area contributed by atoms with Crippen LogP contribution >= 0.6 is 0 Å². The predicted octanol–water partition coefficient (Wildman–Crippen LogP) is 4.96. The van der Waals surface area contributed by atoms with Gasteiger partial charge in [0, 0.05) is 0 Å². The largest absolute Gasteiger partial charge is 0.394 e. The van der Waals surface area contributed by atoms with Gasteiger partial charge < -0.3 is 19.7 Å². The van der Waals surface area contributed by atoms with Gasteiger partial charge in [-0.15, -0.1) is 0 Å². The number of rotatable bonds is 10. The quantitative estimate of drug-likeness (QED) is 0.593. The van der Waals surface area contributed by atoms with Gasteiger partial charge in [-0.1, -0.05) is 36.5 Å². The molecule has 0 amide bonds. The maximum absolute atomic E-state index is 8.92. The van der Waals surface area contributed by atoms with Gasteiger partial charge in [-0.25, -0.2) is 0 Å². The van der Waals surface area contributed by atoms with E-state index in [0.29, 0.717) is 13.2 Å². The van der Waals surface area contributed by atoms with Gasteiger partial charge in [0.25, 0.3) is 0 Å². The average molecular weight is 391 g/mol. The van der Waals surface area contributed by atoms with Crippen LogP contribution in [0.15, 0.2) is 37.9 Å². The molecule has 1 aromatic rings. The van der Waals surface area contributed by atoms with Crippen molar-refractivity contribution < 1.29 is 19.7 Å². The van der Waals surface area contributed by atoms with Crippen LogP contribution in [-0.2, 0) is 9.47 Å². The molecular weight excluding hydrogens is 352 g/mol. The first-order valence-electron chi connectivity index (χ1n) is 9.62. The number of ether oxygens (including phenoxy) is 2. The molecule has 4 heteroatoms. The number of aliphatic hydroxyl groups is 2. The van der Waals surface area contributed by atoms with E-state index in [-0.39, 0.29) is 18.8 Å². The highest BCUT2D eigenvalue weighted by Gasteiger charge is 2.07. The van der Waals surface area contributed by atoms with Gasteiger partial charge in [-0.3, -0.25) is 0 Å². The summed E-state index contributed by atoms with van der Waals surface area (Å²) in [5.74, 6) is 0. The molecule has 158 valence electrons. The summed E-state index contributed by atoms with van der Waals surface area (Å²) in [6.45, 7) is 24.0. The van der Waals surface area contributed by atoms with E-state index in [1.807, 2.05) is 27.7 Å². The smallest absolute Gasteiger partial charge is 0.0781 e. The maximum Gasteiger partial charge on any atom is 0.0781 e. The van der Waals surface area contributed by atoms with Crippen LogP contribution in [0, 0.1) is 0 Å². The molecular formula is C24H38O4. The zero-order valence-electron chi connectivity index (χ0n) is 18.4. The molecule has 3 unspecified atom stereocenters. The number of aliphatic hydroxyl groups excluding tert-OH is 2. The van der Waals surface area contributed by atoms with Crippen LogP contribution in [0.2, 0.25) is 0 Å². The number of benzene rings is 1. The molecule has 4 nitrogen and oxygen atoms in total. The minimum Gasteiger partial charge on any atom is -0.394 e. The topological polar surface area (TPSA) is 58.9 Å². The van der Waals surface area contributed by atoms with Gasteiger partial charge >= 0.3 is 0 Å². The fourth-order valence-electron chi connectivity index (χ4n) is 2.07. The van der Waals surface area contributed by atoms with Gasteiger partial charge in [0.2, 0.25) is 0 Å². The summed E-state index contributed by atoms with van der Waals surface area (Å²) in [6.07, 6.45) is -0.654. The van der Waals surface area contributed by atoms with Crippen LogP contribution in [0.5, 0.6) is 0 Å². The van der Waals surface area contributed by atoms with Crippen molar-refractivity contribution in [2.24, 2.45) is 0 Å². The van der Waals surface area contributed by atoms with Crippen molar-refractivity contribution in [3.8, 4) is 0 Å². The molecule has 1 aromatic carbocycles. The summed E-state index contributed by atoms with van der Waals surface area (Å²) in [5.41, 5.74) is 6.69. The van der Waals surface area contributed by atoms with Gasteiger partial charge in [-0.2, -0.15) is 0 Å². The Morgan fingerprint density at radius 3 is 1.43 bits per heavy atom. The summed E-state index contributed by atoms with van der Waals surface area (Å²) >= 11 is 0. The summed E-state index contributed by atoms with van der Waals surface area (Å²) in [7, 11) is 0. The molecule has 0 aliphatic carbocycles. The molecule has 0 spiro atoms. The lowest BCUT2D eigenvalue weighted by atomic mass is 9.96. The second-order valence-electron chi connectivity index (χ2n) is 7.46. The Labute approximate surface area is 171 Å². The molecule has 28 heavy (non-hydrogen) atoms. The molecule has 0 bridgehead atoms. The van der Waals surface area contributed by atoms with Gasteiger partial charge in [0.05, 0.1) is 38.1 Å². The van der Waals surface area contributed by atoms with E-state index in [9.17, 15) is 0 Å². The van der Waals surface area contributed by atoms with Crippen LogP contribution in [0.4, 0.5) is 0 Å². The van der Waals surface area contributed by atoms with Crippen LogP contribution < -0.4 is 0 Å². The summed E-state index contributed by atoms with van der Waals surface area (Å²) < 4.78 is 10.5. The third-order valence-corrected chi connectivity index (χ3v) is 3.91. The maximum atomic E-state index is 8.92. The summed E-state index contributed by atoms with van der Waals surface area (Å²) in [5, 5.41) is 17.6. The lowest BCUT2D eigenvalue weighted by Gasteiger charge is -2.16. The Hall–Kier alpha value is -1.72. The van der Waals surface area contributed by atoms with Crippen LogP contribution in [0.25, 0.3) is 16.7 Å². The van der Waals surface area contributed by atoms with E-state index in [1.165, 1.54) is 0 Å². The van der Waals surface area contributed by atoms with Crippen molar-refractivity contribution in [1.82, 2.24) is 0 Å². The molecule has 0 radical (unpaired) electrons. The standard InChI is InChI=1S/C15H18.C9H20O4/c1-10(2)13-7-14(11(3)4)9-15(8-13)12(5)6;1-7(11)5-12-9(3)6-13-8(2)4-10/h7-9H,1,3,5H2,2,4,6H3;7-11H,4-6H2,1-3H3. The SMILES string of the molecule is C=C(C)c1cc(C(=C)C)cc(C(=C)C)c1.CC(O)COC(C)COC(C)CO. The molecule has 0 aromatic heterocycles. The normalized spacial score (nSPS) is 13.7. The van der Waals surface area contributed by atoms with E-state index in [1.54, 1.807) is 13.8 Å². The molecule has 3 atom stereocenters. The average Bonchev–Trinajstić information content (AvgIpc) is 2.64. The first-order chi connectivity index (χ1) is 13.0. The van der Waals surface area contributed by atoms with Crippen molar-refractivity contribution in [1.29, 1.82) is 0 Å². The highest BCUT2D eigenvalue weighted by molar-refractivity contribution is 5.75. The van der Waals surface area contributed by atoms with E-state index in [0.717, 1.165) is 33.4 Å². The van der Waals surface area contributed by atoms with Crippen molar-refractivity contribution in [2.75, 3.05) is 19.8 Å². The molecule has 0 aliphatic rings. The molecule has 0 saturated carbocycles. The first-order valence-corrected chi connectivity index (χ1v) is 9.62. The Bertz CT molecular complexity index is 567. The van der Waals surface area contributed by atoms with Gasteiger partial charge in [-0.05, 0) is 76.4 Å². The fourth-order valence-corrected chi connectivity index (χ4v) is 2.07. The minimum absolute atomic E-state index is 0.0170. The number of allylic oxidation sites excluding steroid dienone is 3. The van der Waals surface area contributed by atoms with Crippen LogP contribution in [0.1, 0.15) is 58.2 Å². The predicted molar refractivity (Wildman–Crippen MR) is 120 cm³/mol. The second kappa shape index (κ2) is 13.5. The van der Waals surface area contributed by atoms with Crippen molar-refractivity contribution >= 4 is 16.7 Å². The second-order valence-corrected chi connectivity index (χ2v) is 7.46. The third-order valence-electron chi connectivity index (χ3n) is 3.91. The zero-order valence-corrected chi connectivity index (χ0v) is 18.4. The molecule has 0 saturated heterocycles. The monoisotopic (exact) mass is 390 g/mol.